The van der Waals surface area contributed by atoms with Crippen LogP contribution in [0.1, 0.15) is 19.4 Å². The van der Waals surface area contributed by atoms with Crippen LogP contribution in [0.3, 0.4) is 0 Å². The van der Waals surface area contributed by atoms with Gasteiger partial charge in [-0.15, -0.1) is 0 Å². The van der Waals surface area contributed by atoms with Gasteiger partial charge >= 0.3 is 0 Å². The lowest BCUT2D eigenvalue weighted by molar-refractivity contribution is 0.374. The zero-order valence-electron chi connectivity index (χ0n) is 10.1. The first-order valence-electron chi connectivity index (χ1n) is 5.63. The van der Waals surface area contributed by atoms with Crippen molar-refractivity contribution in [3.63, 3.8) is 0 Å². The first kappa shape index (κ1) is 13.8. The zero-order chi connectivity index (χ0) is 12.1. The number of halogens is 2. The maximum atomic E-state index is 6.17. The van der Waals surface area contributed by atoms with E-state index in [9.17, 15) is 0 Å². The van der Waals surface area contributed by atoms with Crippen molar-refractivity contribution in [1.82, 2.24) is 5.32 Å². The molecule has 1 nitrogen and oxygen atoms in total. The second-order valence-corrected chi connectivity index (χ2v) is 5.21. The standard InChI is InChI=1S/C13H19Cl2N/c1-9(10(2)8-16-3)7-11-5-4-6-12(14)13(11)15/h4-6,9-10,16H,7-8H2,1-3H3. The van der Waals surface area contributed by atoms with Gasteiger partial charge in [0.2, 0.25) is 0 Å². The Morgan fingerprint density at radius 3 is 2.50 bits per heavy atom. The van der Waals surface area contributed by atoms with Crippen molar-refractivity contribution < 1.29 is 0 Å². The van der Waals surface area contributed by atoms with E-state index in [1.165, 1.54) is 0 Å². The Labute approximate surface area is 108 Å². The fourth-order valence-corrected chi connectivity index (χ4v) is 2.17. The van der Waals surface area contributed by atoms with Gasteiger partial charge in [-0.25, -0.2) is 0 Å². The van der Waals surface area contributed by atoms with Crippen LogP contribution in [0.2, 0.25) is 10.0 Å². The van der Waals surface area contributed by atoms with E-state index in [0.717, 1.165) is 18.5 Å². The Hall–Kier alpha value is -0.240. The smallest absolute Gasteiger partial charge is 0.0624 e. The fraction of sp³-hybridized carbons (Fsp3) is 0.538. The molecule has 0 saturated heterocycles. The van der Waals surface area contributed by atoms with E-state index < -0.39 is 0 Å². The third-order valence-electron chi connectivity index (χ3n) is 3.07. The Kier molecular flexibility index (Phi) is 5.60. The van der Waals surface area contributed by atoms with Gasteiger partial charge in [-0.1, -0.05) is 49.2 Å². The van der Waals surface area contributed by atoms with E-state index >= 15 is 0 Å². The minimum Gasteiger partial charge on any atom is -0.319 e. The summed E-state index contributed by atoms with van der Waals surface area (Å²) in [4.78, 5) is 0. The molecule has 1 rings (SSSR count). The molecule has 2 unspecified atom stereocenters. The van der Waals surface area contributed by atoms with Gasteiger partial charge in [0.25, 0.3) is 0 Å². The van der Waals surface area contributed by atoms with Gasteiger partial charge in [-0.3, -0.25) is 0 Å². The van der Waals surface area contributed by atoms with Gasteiger partial charge in [0.15, 0.2) is 0 Å². The molecule has 0 aliphatic carbocycles. The molecular formula is C13H19Cl2N. The van der Waals surface area contributed by atoms with Gasteiger partial charge in [0.1, 0.15) is 0 Å². The lowest BCUT2D eigenvalue weighted by Gasteiger charge is -2.20. The molecule has 0 aliphatic heterocycles. The molecule has 0 aliphatic rings. The fourth-order valence-electron chi connectivity index (χ4n) is 1.78. The molecule has 0 radical (unpaired) electrons. The van der Waals surface area contributed by atoms with Gasteiger partial charge in [0, 0.05) is 0 Å². The minimum atomic E-state index is 0.586. The Balaban J connectivity index is 2.69. The highest BCUT2D eigenvalue weighted by atomic mass is 35.5. The number of hydrogen-bond donors (Lipinski definition) is 1. The number of rotatable bonds is 5. The lowest BCUT2D eigenvalue weighted by atomic mass is 9.89. The van der Waals surface area contributed by atoms with Gasteiger partial charge in [0.05, 0.1) is 10.0 Å². The van der Waals surface area contributed by atoms with Crippen LogP contribution in [0.25, 0.3) is 0 Å². The van der Waals surface area contributed by atoms with Crippen LogP contribution < -0.4 is 5.32 Å². The molecule has 0 amide bonds. The molecule has 1 aromatic rings. The zero-order valence-corrected chi connectivity index (χ0v) is 11.6. The van der Waals surface area contributed by atoms with Crippen molar-refractivity contribution in [2.75, 3.05) is 13.6 Å². The van der Waals surface area contributed by atoms with Crippen LogP contribution in [0, 0.1) is 11.8 Å². The summed E-state index contributed by atoms with van der Waals surface area (Å²) in [7, 11) is 1.98. The van der Waals surface area contributed by atoms with Gasteiger partial charge in [-0.2, -0.15) is 0 Å². The molecule has 90 valence electrons. The average Bonchev–Trinajstić information content (AvgIpc) is 2.25. The molecule has 0 fully saturated rings. The van der Waals surface area contributed by atoms with Crippen LogP contribution in [0.4, 0.5) is 0 Å². The van der Waals surface area contributed by atoms with Crippen LogP contribution in [0.15, 0.2) is 18.2 Å². The second-order valence-electron chi connectivity index (χ2n) is 4.43. The summed E-state index contributed by atoms with van der Waals surface area (Å²) in [6.45, 7) is 5.53. The van der Waals surface area contributed by atoms with Crippen LogP contribution in [-0.2, 0) is 6.42 Å². The summed E-state index contributed by atoms with van der Waals surface area (Å²) in [5.41, 5.74) is 1.14. The highest BCUT2D eigenvalue weighted by Gasteiger charge is 2.14. The summed E-state index contributed by atoms with van der Waals surface area (Å²) in [6.07, 6.45) is 0.974. The van der Waals surface area contributed by atoms with Crippen LogP contribution in [-0.4, -0.2) is 13.6 Å². The summed E-state index contributed by atoms with van der Waals surface area (Å²) in [6, 6.07) is 5.84. The topological polar surface area (TPSA) is 12.0 Å². The van der Waals surface area contributed by atoms with Crippen molar-refractivity contribution in [3.05, 3.63) is 33.8 Å². The van der Waals surface area contributed by atoms with Crippen LogP contribution in [0.5, 0.6) is 0 Å². The van der Waals surface area contributed by atoms with Gasteiger partial charge in [-0.05, 0) is 43.5 Å². The van der Waals surface area contributed by atoms with Crippen molar-refractivity contribution in [2.24, 2.45) is 11.8 Å². The molecule has 3 heteroatoms. The molecule has 2 atom stereocenters. The molecule has 0 bridgehead atoms. The number of nitrogens with one attached hydrogen (secondary N) is 1. The van der Waals surface area contributed by atoms with Crippen LogP contribution >= 0.6 is 23.2 Å². The summed E-state index contributed by atoms with van der Waals surface area (Å²) >= 11 is 12.2. The highest BCUT2D eigenvalue weighted by Crippen LogP contribution is 2.28. The lowest BCUT2D eigenvalue weighted by Crippen LogP contribution is -2.23. The largest absolute Gasteiger partial charge is 0.319 e. The van der Waals surface area contributed by atoms with Crippen molar-refractivity contribution in [2.45, 2.75) is 20.3 Å². The summed E-state index contributed by atoms with van der Waals surface area (Å²) in [5, 5.41) is 4.55. The van der Waals surface area contributed by atoms with Gasteiger partial charge < -0.3 is 5.32 Å². The van der Waals surface area contributed by atoms with Crippen molar-refractivity contribution >= 4 is 23.2 Å². The molecular weight excluding hydrogens is 241 g/mol. The Morgan fingerprint density at radius 1 is 1.19 bits per heavy atom. The van der Waals surface area contributed by atoms with Crippen molar-refractivity contribution in [1.29, 1.82) is 0 Å². The van der Waals surface area contributed by atoms with E-state index in [4.69, 9.17) is 23.2 Å². The molecule has 0 saturated carbocycles. The molecule has 0 aromatic heterocycles. The van der Waals surface area contributed by atoms with Crippen molar-refractivity contribution in [3.8, 4) is 0 Å². The van der Waals surface area contributed by atoms with E-state index in [2.05, 4.69) is 25.2 Å². The summed E-state index contributed by atoms with van der Waals surface area (Å²) in [5.74, 6) is 1.21. The quantitative estimate of drug-likeness (QED) is 0.842. The third-order valence-corrected chi connectivity index (χ3v) is 3.93. The summed E-state index contributed by atoms with van der Waals surface area (Å²) < 4.78 is 0. The maximum absolute atomic E-state index is 6.17. The Bertz CT molecular complexity index is 339. The predicted octanol–water partition coefficient (Wildman–Crippen LogP) is 4.03. The van der Waals surface area contributed by atoms with E-state index in [1.54, 1.807) is 0 Å². The first-order chi connectivity index (χ1) is 7.56. The molecule has 16 heavy (non-hydrogen) atoms. The first-order valence-corrected chi connectivity index (χ1v) is 6.39. The predicted molar refractivity (Wildman–Crippen MR) is 72.4 cm³/mol. The molecule has 1 aromatic carbocycles. The SMILES string of the molecule is CNCC(C)C(C)Cc1cccc(Cl)c1Cl. The average molecular weight is 260 g/mol. The minimum absolute atomic E-state index is 0.586. The Morgan fingerprint density at radius 2 is 1.88 bits per heavy atom. The number of benzene rings is 1. The van der Waals surface area contributed by atoms with E-state index in [-0.39, 0.29) is 0 Å². The number of hydrogen-bond acceptors (Lipinski definition) is 1. The second kappa shape index (κ2) is 6.48. The normalized spacial score (nSPS) is 14.8. The van der Waals surface area contributed by atoms with E-state index in [0.29, 0.717) is 21.9 Å². The monoisotopic (exact) mass is 259 g/mol. The third kappa shape index (κ3) is 3.65. The highest BCUT2D eigenvalue weighted by molar-refractivity contribution is 6.42. The molecule has 0 heterocycles. The molecule has 1 N–H and O–H groups in total. The molecule has 0 spiro atoms. The maximum Gasteiger partial charge on any atom is 0.0624 e. The van der Waals surface area contributed by atoms with E-state index in [1.807, 2.05) is 19.2 Å².